The van der Waals surface area contributed by atoms with Crippen LogP contribution in [0.15, 0.2) is 22.7 Å². The molecule has 1 saturated heterocycles. The van der Waals surface area contributed by atoms with Crippen LogP contribution in [-0.4, -0.2) is 35.3 Å². The molecule has 104 valence electrons. The summed E-state index contributed by atoms with van der Waals surface area (Å²) in [6.45, 7) is 1.63. The molecule has 1 aliphatic rings. The lowest BCUT2D eigenvalue weighted by atomic mass is 9.93. The van der Waals surface area contributed by atoms with Crippen molar-refractivity contribution in [3.8, 4) is 5.75 Å². The number of benzene rings is 1. The Bertz CT molecular complexity index is 475. The third-order valence-electron chi connectivity index (χ3n) is 3.17. The molecule has 0 amide bonds. The minimum atomic E-state index is -0.866. The first-order chi connectivity index (χ1) is 9.02. The molecule has 7 heteroatoms. The molecule has 1 aliphatic heterocycles. The number of aliphatic hydroxyl groups is 1. The molecule has 1 aromatic rings. The van der Waals surface area contributed by atoms with E-state index < -0.39 is 10.5 Å². The first-order valence-corrected chi connectivity index (χ1v) is 6.80. The number of nitro groups is 1. The van der Waals surface area contributed by atoms with Gasteiger partial charge < -0.3 is 15.2 Å². The summed E-state index contributed by atoms with van der Waals surface area (Å²) in [4.78, 5) is 10.3. The maximum atomic E-state index is 10.8. The van der Waals surface area contributed by atoms with E-state index in [1.807, 2.05) is 0 Å². The number of nitrogens with one attached hydrogen (secondary N) is 1. The van der Waals surface area contributed by atoms with E-state index in [4.69, 9.17) is 4.74 Å². The van der Waals surface area contributed by atoms with Gasteiger partial charge in [-0.05, 0) is 47.9 Å². The second-order valence-electron chi connectivity index (χ2n) is 4.61. The number of halogens is 1. The second kappa shape index (κ2) is 5.85. The molecule has 0 saturated carbocycles. The number of nitro benzene ring substituents is 1. The van der Waals surface area contributed by atoms with Crippen molar-refractivity contribution in [3.63, 3.8) is 0 Å². The van der Waals surface area contributed by atoms with Crippen molar-refractivity contribution in [1.29, 1.82) is 0 Å². The fourth-order valence-electron chi connectivity index (χ4n) is 2.00. The average molecular weight is 331 g/mol. The van der Waals surface area contributed by atoms with E-state index in [0.29, 0.717) is 23.1 Å². The zero-order valence-electron chi connectivity index (χ0n) is 10.3. The number of hydrogen-bond acceptors (Lipinski definition) is 5. The lowest BCUT2D eigenvalue weighted by Gasteiger charge is -2.32. The standard InChI is InChI=1S/C12H15BrN2O4/c13-11-9(15(17)18)2-1-3-10(11)19-8-12(16)4-6-14-7-5-12/h1-3,14,16H,4-8H2. The van der Waals surface area contributed by atoms with E-state index in [2.05, 4.69) is 21.2 Å². The van der Waals surface area contributed by atoms with Crippen molar-refractivity contribution < 1.29 is 14.8 Å². The summed E-state index contributed by atoms with van der Waals surface area (Å²) in [6, 6.07) is 4.60. The van der Waals surface area contributed by atoms with Gasteiger partial charge in [0.25, 0.3) is 5.69 Å². The van der Waals surface area contributed by atoms with Crippen LogP contribution in [0.5, 0.6) is 5.75 Å². The summed E-state index contributed by atoms with van der Waals surface area (Å²) < 4.78 is 5.84. The highest BCUT2D eigenvalue weighted by molar-refractivity contribution is 9.10. The number of piperidine rings is 1. The predicted octanol–water partition coefficient (Wildman–Crippen LogP) is 1.85. The predicted molar refractivity (Wildman–Crippen MR) is 73.3 cm³/mol. The molecule has 0 bridgehead atoms. The van der Waals surface area contributed by atoms with Gasteiger partial charge in [-0.3, -0.25) is 10.1 Å². The molecule has 2 N–H and O–H groups in total. The van der Waals surface area contributed by atoms with E-state index in [-0.39, 0.29) is 12.3 Å². The summed E-state index contributed by atoms with van der Waals surface area (Å²) >= 11 is 3.16. The average Bonchev–Trinajstić information content (AvgIpc) is 2.38. The van der Waals surface area contributed by atoms with Crippen molar-refractivity contribution in [2.75, 3.05) is 19.7 Å². The fraction of sp³-hybridized carbons (Fsp3) is 0.500. The Hall–Kier alpha value is -1.18. The number of rotatable bonds is 4. The highest BCUT2D eigenvalue weighted by Crippen LogP contribution is 2.34. The van der Waals surface area contributed by atoms with Gasteiger partial charge in [-0.15, -0.1) is 0 Å². The maximum absolute atomic E-state index is 10.8. The van der Waals surface area contributed by atoms with Crippen molar-refractivity contribution >= 4 is 21.6 Å². The molecule has 0 atom stereocenters. The van der Waals surface area contributed by atoms with Gasteiger partial charge in [0.1, 0.15) is 22.4 Å². The summed E-state index contributed by atoms with van der Waals surface area (Å²) in [5.41, 5.74) is -0.912. The van der Waals surface area contributed by atoms with E-state index in [9.17, 15) is 15.2 Å². The van der Waals surface area contributed by atoms with E-state index in [1.54, 1.807) is 12.1 Å². The van der Waals surface area contributed by atoms with Crippen molar-refractivity contribution in [2.24, 2.45) is 0 Å². The molecular formula is C12H15BrN2O4. The lowest BCUT2D eigenvalue weighted by Crippen LogP contribution is -2.46. The second-order valence-corrected chi connectivity index (χ2v) is 5.40. The Labute approximate surface area is 119 Å². The molecule has 2 rings (SSSR count). The molecule has 0 aromatic heterocycles. The van der Waals surface area contributed by atoms with Crippen LogP contribution in [0.3, 0.4) is 0 Å². The van der Waals surface area contributed by atoms with Gasteiger partial charge in [-0.1, -0.05) is 6.07 Å². The molecule has 0 unspecified atom stereocenters. The van der Waals surface area contributed by atoms with Crippen molar-refractivity contribution in [3.05, 3.63) is 32.8 Å². The number of nitrogens with zero attached hydrogens (tertiary/aromatic N) is 1. The molecule has 6 nitrogen and oxygen atoms in total. The topological polar surface area (TPSA) is 84.6 Å². The van der Waals surface area contributed by atoms with Gasteiger partial charge in [0.2, 0.25) is 0 Å². The maximum Gasteiger partial charge on any atom is 0.287 e. The summed E-state index contributed by atoms with van der Waals surface area (Å²) in [5.74, 6) is 0.376. The SMILES string of the molecule is O=[N+]([O-])c1cccc(OCC2(O)CCNCC2)c1Br. The first-order valence-electron chi connectivity index (χ1n) is 6.01. The minimum Gasteiger partial charge on any atom is -0.489 e. The smallest absolute Gasteiger partial charge is 0.287 e. The Morgan fingerprint density at radius 1 is 1.47 bits per heavy atom. The fourth-order valence-corrected chi connectivity index (χ4v) is 2.52. The zero-order valence-corrected chi connectivity index (χ0v) is 11.9. The van der Waals surface area contributed by atoms with Crippen LogP contribution in [0, 0.1) is 10.1 Å². The van der Waals surface area contributed by atoms with E-state index in [0.717, 1.165) is 13.1 Å². The Morgan fingerprint density at radius 2 is 2.16 bits per heavy atom. The van der Waals surface area contributed by atoms with Crippen molar-refractivity contribution in [2.45, 2.75) is 18.4 Å². The van der Waals surface area contributed by atoms with Crippen LogP contribution in [0.2, 0.25) is 0 Å². The molecule has 0 aliphatic carbocycles. The van der Waals surface area contributed by atoms with Gasteiger partial charge in [0.05, 0.1) is 4.92 Å². The minimum absolute atomic E-state index is 0.0465. The van der Waals surface area contributed by atoms with Crippen molar-refractivity contribution in [1.82, 2.24) is 5.32 Å². The lowest BCUT2D eigenvalue weighted by molar-refractivity contribution is -0.385. The van der Waals surface area contributed by atoms with Gasteiger partial charge in [-0.2, -0.15) is 0 Å². The van der Waals surface area contributed by atoms with Crippen LogP contribution in [0.4, 0.5) is 5.69 Å². The van der Waals surface area contributed by atoms with E-state index in [1.165, 1.54) is 6.07 Å². The number of hydrogen-bond donors (Lipinski definition) is 2. The van der Waals surface area contributed by atoms with Gasteiger partial charge >= 0.3 is 0 Å². The molecule has 1 fully saturated rings. The summed E-state index contributed by atoms with van der Waals surface area (Å²) in [5, 5.41) is 24.3. The van der Waals surface area contributed by atoms with E-state index >= 15 is 0 Å². The third kappa shape index (κ3) is 3.43. The highest BCUT2D eigenvalue weighted by atomic mass is 79.9. The third-order valence-corrected chi connectivity index (χ3v) is 3.97. The normalized spacial score (nSPS) is 18.0. The van der Waals surface area contributed by atoms with Crippen LogP contribution in [-0.2, 0) is 0 Å². The Kier molecular flexibility index (Phi) is 4.38. The zero-order chi connectivity index (χ0) is 13.9. The molecule has 19 heavy (non-hydrogen) atoms. The monoisotopic (exact) mass is 330 g/mol. The molecule has 1 heterocycles. The van der Waals surface area contributed by atoms with Crippen LogP contribution < -0.4 is 10.1 Å². The molecule has 0 radical (unpaired) electrons. The van der Waals surface area contributed by atoms with Gasteiger partial charge in [-0.25, -0.2) is 0 Å². The van der Waals surface area contributed by atoms with Crippen LogP contribution >= 0.6 is 15.9 Å². The molecule has 1 aromatic carbocycles. The van der Waals surface area contributed by atoms with Crippen LogP contribution in [0.1, 0.15) is 12.8 Å². The molecule has 0 spiro atoms. The number of ether oxygens (including phenoxy) is 1. The highest BCUT2D eigenvalue weighted by Gasteiger charge is 2.30. The summed E-state index contributed by atoms with van der Waals surface area (Å²) in [7, 11) is 0. The van der Waals surface area contributed by atoms with Crippen LogP contribution in [0.25, 0.3) is 0 Å². The first kappa shape index (κ1) is 14.2. The molecular weight excluding hydrogens is 316 g/mol. The Balaban J connectivity index is 2.07. The largest absolute Gasteiger partial charge is 0.489 e. The van der Waals surface area contributed by atoms with Gasteiger partial charge in [0, 0.05) is 6.07 Å². The summed E-state index contributed by atoms with van der Waals surface area (Å²) in [6.07, 6.45) is 1.22. The quantitative estimate of drug-likeness (QED) is 0.650. The Morgan fingerprint density at radius 3 is 2.79 bits per heavy atom. The van der Waals surface area contributed by atoms with Gasteiger partial charge in [0.15, 0.2) is 0 Å².